The first-order chi connectivity index (χ1) is 14.1. The lowest BCUT2D eigenvalue weighted by molar-refractivity contribution is -0.111. The standard InChI is InChI=1S/C18H19ClN6O3S2/c1-11-14(12(2)25(23-11)10-13-6-4-5-7-15(13)19)8-9-16(26)20-17-21-22-18(29-17)24-30(3,27)28/h4-9H,10H2,1-3H3,(H,22,24)(H,20,21,26)/b9-8+. The summed E-state index contributed by atoms with van der Waals surface area (Å²) in [4.78, 5) is 12.2. The highest BCUT2D eigenvalue weighted by molar-refractivity contribution is 7.92. The quantitative estimate of drug-likeness (QED) is 0.516. The second kappa shape index (κ2) is 8.94. The zero-order valence-electron chi connectivity index (χ0n) is 16.4. The van der Waals surface area contributed by atoms with Gasteiger partial charge >= 0.3 is 0 Å². The second-order valence-electron chi connectivity index (χ2n) is 6.44. The Morgan fingerprint density at radius 1 is 1.23 bits per heavy atom. The summed E-state index contributed by atoms with van der Waals surface area (Å²) in [5, 5.41) is 15.4. The van der Waals surface area contributed by atoms with Gasteiger partial charge in [0.05, 0.1) is 18.5 Å². The summed E-state index contributed by atoms with van der Waals surface area (Å²) in [6.07, 6.45) is 4.04. The topological polar surface area (TPSA) is 119 Å². The maximum absolute atomic E-state index is 12.2. The number of carbonyl (C=O) groups excluding carboxylic acids is 1. The minimum atomic E-state index is -3.46. The summed E-state index contributed by atoms with van der Waals surface area (Å²) < 4.78 is 26.4. The lowest BCUT2D eigenvalue weighted by atomic mass is 10.1. The second-order valence-corrected chi connectivity index (χ2v) is 9.58. The molecule has 0 aliphatic heterocycles. The Bertz CT molecular complexity index is 1220. The fourth-order valence-electron chi connectivity index (χ4n) is 2.67. The Balaban J connectivity index is 1.69. The fourth-order valence-corrected chi connectivity index (χ4v) is 4.35. The Kier molecular flexibility index (Phi) is 6.54. The van der Waals surface area contributed by atoms with E-state index in [0.717, 1.165) is 40.1 Å². The van der Waals surface area contributed by atoms with Crippen LogP contribution >= 0.6 is 22.9 Å². The molecular formula is C18H19ClN6O3S2. The van der Waals surface area contributed by atoms with Gasteiger partial charge in [0.15, 0.2) is 0 Å². The molecule has 0 atom stereocenters. The van der Waals surface area contributed by atoms with Crippen molar-refractivity contribution in [1.82, 2.24) is 20.0 Å². The molecule has 0 radical (unpaired) electrons. The van der Waals surface area contributed by atoms with Crippen LogP contribution in [0.3, 0.4) is 0 Å². The normalized spacial score (nSPS) is 11.7. The molecule has 0 aliphatic carbocycles. The summed E-state index contributed by atoms with van der Waals surface area (Å²) >= 11 is 7.15. The van der Waals surface area contributed by atoms with Gasteiger partial charge < -0.3 is 0 Å². The summed E-state index contributed by atoms with van der Waals surface area (Å²) in [5.74, 6) is -0.422. The van der Waals surface area contributed by atoms with Gasteiger partial charge in [0.25, 0.3) is 0 Å². The summed E-state index contributed by atoms with van der Waals surface area (Å²) in [6.45, 7) is 4.30. The number of rotatable bonds is 7. The van der Waals surface area contributed by atoms with Gasteiger partial charge in [0.2, 0.25) is 26.2 Å². The van der Waals surface area contributed by atoms with Crippen molar-refractivity contribution in [3.8, 4) is 0 Å². The molecule has 9 nitrogen and oxygen atoms in total. The minimum absolute atomic E-state index is 0.0734. The molecule has 30 heavy (non-hydrogen) atoms. The zero-order chi connectivity index (χ0) is 21.9. The van der Waals surface area contributed by atoms with Crippen LogP contribution in [-0.2, 0) is 21.4 Å². The predicted octanol–water partition coefficient (Wildman–Crippen LogP) is 3.08. The number of benzene rings is 1. The maximum atomic E-state index is 12.2. The van der Waals surface area contributed by atoms with Gasteiger partial charge in [-0.1, -0.05) is 41.1 Å². The van der Waals surface area contributed by atoms with E-state index in [-0.39, 0.29) is 10.3 Å². The van der Waals surface area contributed by atoms with Gasteiger partial charge in [-0.05, 0) is 31.6 Å². The number of amides is 1. The van der Waals surface area contributed by atoms with Crippen molar-refractivity contribution in [1.29, 1.82) is 0 Å². The third kappa shape index (κ3) is 5.65. The van der Waals surface area contributed by atoms with Crippen molar-refractivity contribution >= 4 is 55.2 Å². The van der Waals surface area contributed by atoms with E-state index in [1.54, 1.807) is 6.08 Å². The van der Waals surface area contributed by atoms with Gasteiger partial charge in [-0.25, -0.2) is 8.42 Å². The van der Waals surface area contributed by atoms with Crippen LogP contribution in [0.5, 0.6) is 0 Å². The molecule has 2 aromatic heterocycles. The van der Waals surface area contributed by atoms with Gasteiger partial charge in [-0.3, -0.25) is 19.5 Å². The largest absolute Gasteiger partial charge is 0.297 e. The molecule has 3 aromatic rings. The number of hydrogen-bond acceptors (Lipinski definition) is 7. The molecule has 2 N–H and O–H groups in total. The van der Waals surface area contributed by atoms with Crippen LogP contribution in [-0.4, -0.2) is 40.6 Å². The van der Waals surface area contributed by atoms with Gasteiger partial charge in [-0.15, -0.1) is 10.2 Å². The smallest absolute Gasteiger partial charge is 0.250 e. The van der Waals surface area contributed by atoms with Gasteiger partial charge in [-0.2, -0.15) is 5.10 Å². The molecule has 0 fully saturated rings. The maximum Gasteiger partial charge on any atom is 0.250 e. The van der Waals surface area contributed by atoms with Crippen molar-refractivity contribution in [3.63, 3.8) is 0 Å². The van der Waals surface area contributed by atoms with Crippen LogP contribution in [0.4, 0.5) is 10.3 Å². The van der Waals surface area contributed by atoms with Crippen molar-refractivity contribution in [2.24, 2.45) is 0 Å². The first-order valence-corrected chi connectivity index (χ1v) is 11.8. The van der Waals surface area contributed by atoms with E-state index >= 15 is 0 Å². The molecule has 1 aromatic carbocycles. The van der Waals surface area contributed by atoms with E-state index in [2.05, 4.69) is 25.3 Å². The molecule has 0 aliphatic rings. The predicted molar refractivity (Wildman–Crippen MR) is 118 cm³/mol. The number of carbonyl (C=O) groups is 1. The molecule has 12 heteroatoms. The number of anilines is 2. The third-order valence-corrected chi connectivity index (χ3v) is 5.86. The highest BCUT2D eigenvalue weighted by Gasteiger charge is 2.12. The average molecular weight is 467 g/mol. The highest BCUT2D eigenvalue weighted by Crippen LogP contribution is 2.22. The number of halogens is 1. The number of aryl methyl sites for hydroxylation is 1. The Labute approximate surface area is 182 Å². The Morgan fingerprint density at radius 3 is 2.63 bits per heavy atom. The first-order valence-electron chi connectivity index (χ1n) is 8.70. The SMILES string of the molecule is Cc1nn(Cc2ccccc2Cl)c(C)c1/C=C/C(=O)Nc1nnc(NS(C)(=O)=O)s1. The molecular weight excluding hydrogens is 448 g/mol. The van der Waals surface area contributed by atoms with Crippen LogP contribution < -0.4 is 10.0 Å². The van der Waals surface area contributed by atoms with Crippen LogP contribution in [0.25, 0.3) is 6.08 Å². The monoisotopic (exact) mass is 466 g/mol. The molecule has 0 unspecified atom stereocenters. The van der Waals surface area contributed by atoms with Crippen molar-refractivity contribution in [2.45, 2.75) is 20.4 Å². The third-order valence-electron chi connectivity index (χ3n) is 4.04. The Morgan fingerprint density at radius 2 is 1.93 bits per heavy atom. The van der Waals surface area contributed by atoms with E-state index in [1.165, 1.54) is 6.08 Å². The molecule has 0 spiro atoms. The first kappa shape index (κ1) is 21.9. The number of hydrogen-bond donors (Lipinski definition) is 2. The molecule has 1 amide bonds. The van der Waals surface area contributed by atoms with Crippen LogP contribution in [0.2, 0.25) is 5.02 Å². The lowest BCUT2D eigenvalue weighted by Gasteiger charge is -2.06. The molecule has 3 rings (SSSR count). The summed E-state index contributed by atoms with van der Waals surface area (Å²) in [7, 11) is -3.46. The molecule has 158 valence electrons. The average Bonchev–Trinajstić information content (AvgIpc) is 3.18. The number of nitrogens with zero attached hydrogens (tertiary/aromatic N) is 4. The van der Waals surface area contributed by atoms with Crippen molar-refractivity contribution in [2.75, 3.05) is 16.3 Å². The van der Waals surface area contributed by atoms with Gasteiger partial charge in [0.1, 0.15) is 0 Å². The van der Waals surface area contributed by atoms with Crippen molar-refractivity contribution in [3.05, 3.63) is 57.9 Å². The van der Waals surface area contributed by atoms with E-state index < -0.39 is 15.9 Å². The van der Waals surface area contributed by atoms with Crippen LogP contribution in [0.1, 0.15) is 22.5 Å². The molecule has 0 saturated carbocycles. The van der Waals surface area contributed by atoms with E-state index in [9.17, 15) is 13.2 Å². The highest BCUT2D eigenvalue weighted by atomic mass is 35.5. The molecule has 0 saturated heterocycles. The molecule has 0 bridgehead atoms. The van der Waals surface area contributed by atoms with Gasteiger partial charge in [0, 0.05) is 22.4 Å². The van der Waals surface area contributed by atoms with E-state index in [4.69, 9.17) is 11.6 Å². The van der Waals surface area contributed by atoms with Crippen LogP contribution in [0, 0.1) is 13.8 Å². The number of aromatic nitrogens is 4. The number of sulfonamides is 1. The minimum Gasteiger partial charge on any atom is -0.297 e. The summed E-state index contributed by atoms with van der Waals surface area (Å²) in [5.41, 5.74) is 3.45. The van der Waals surface area contributed by atoms with E-state index in [0.29, 0.717) is 11.6 Å². The molecule has 2 heterocycles. The fraction of sp³-hybridized carbons (Fsp3) is 0.222. The Hall–Kier alpha value is -2.76. The van der Waals surface area contributed by atoms with Crippen LogP contribution in [0.15, 0.2) is 30.3 Å². The zero-order valence-corrected chi connectivity index (χ0v) is 18.8. The summed E-state index contributed by atoms with van der Waals surface area (Å²) in [6, 6.07) is 7.56. The van der Waals surface area contributed by atoms with E-state index in [1.807, 2.05) is 42.8 Å². The van der Waals surface area contributed by atoms with Crippen molar-refractivity contribution < 1.29 is 13.2 Å². The number of nitrogens with one attached hydrogen (secondary N) is 2. The lowest BCUT2D eigenvalue weighted by Crippen LogP contribution is -2.09.